The van der Waals surface area contributed by atoms with Crippen molar-refractivity contribution in [3.8, 4) is 0 Å². The number of nitrogens with zero attached hydrogens (tertiary/aromatic N) is 2. The molecule has 0 aromatic carbocycles. The largest absolute Gasteiger partial charge is 0.379 e. The normalized spacial score (nSPS) is 26.7. The summed E-state index contributed by atoms with van der Waals surface area (Å²) in [6.45, 7) is 4.98. The number of hydrogen-bond donors (Lipinski definition) is 1. The zero-order valence-electron chi connectivity index (χ0n) is 8.76. The minimum Gasteiger partial charge on any atom is -0.379 e. The van der Waals surface area contributed by atoms with Crippen molar-refractivity contribution in [2.45, 2.75) is 0 Å². The summed E-state index contributed by atoms with van der Waals surface area (Å²) in [5.41, 5.74) is 0. The van der Waals surface area contributed by atoms with Gasteiger partial charge in [0, 0.05) is 13.1 Å². The Hall–Kier alpha value is -0.210. The van der Waals surface area contributed by atoms with Gasteiger partial charge in [0.25, 0.3) is 10.2 Å². The summed E-state index contributed by atoms with van der Waals surface area (Å²) >= 11 is 0. The Morgan fingerprint density at radius 3 is 2.07 bits per heavy atom. The second-order valence-corrected chi connectivity index (χ2v) is 5.71. The lowest BCUT2D eigenvalue weighted by Crippen LogP contribution is -2.90. The highest BCUT2D eigenvalue weighted by Gasteiger charge is 2.32. The fourth-order valence-corrected chi connectivity index (χ4v) is 3.51. The molecule has 0 unspecified atom stereocenters. The molecule has 7 heteroatoms. The molecule has 88 valence electrons. The summed E-state index contributed by atoms with van der Waals surface area (Å²) in [6, 6.07) is 0. The Bertz CT molecular complexity index is 270. The number of rotatable bonds is 2. The molecule has 2 saturated heterocycles. The fraction of sp³-hybridized carbons (Fsp3) is 1.00. The van der Waals surface area contributed by atoms with Crippen LogP contribution >= 0.6 is 0 Å². The Labute approximate surface area is 90.4 Å². The van der Waals surface area contributed by atoms with E-state index in [1.54, 1.807) is 4.31 Å². The van der Waals surface area contributed by atoms with E-state index in [1.807, 2.05) is 0 Å². The van der Waals surface area contributed by atoms with E-state index < -0.39 is 10.2 Å². The standard InChI is InChI=1S/C8H17N3O3S/c12-15(13,10-3-1-9-2-4-10)11-5-7-14-8-6-11/h9H,1-8H2/p+1. The highest BCUT2D eigenvalue weighted by atomic mass is 32.2. The number of hydrogen-bond acceptors (Lipinski definition) is 3. The van der Waals surface area contributed by atoms with E-state index in [0.29, 0.717) is 39.4 Å². The molecule has 0 bridgehead atoms. The second kappa shape index (κ2) is 4.75. The van der Waals surface area contributed by atoms with Gasteiger partial charge in [-0.15, -0.1) is 0 Å². The molecule has 2 aliphatic heterocycles. The number of nitrogens with two attached hydrogens (primary N) is 1. The van der Waals surface area contributed by atoms with E-state index in [0.717, 1.165) is 13.1 Å². The molecule has 2 heterocycles. The first-order chi connectivity index (χ1) is 7.21. The molecule has 15 heavy (non-hydrogen) atoms. The number of piperazine rings is 1. The Morgan fingerprint density at radius 2 is 1.47 bits per heavy atom. The molecule has 0 amide bonds. The van der Waals surface area contributed by atoms with E-state index >= 15 is 0 Å². The van der Waals surface area contributed by atoms with Crippen molar-refractivity contribution in [1.29, 1.82) is 0 Å². The number of ether oxygens (including phenoxy) is 1. The van der Waals surface area contributed by atoms with Gasteiger partial charge >= 0.3 is 0 Å². The predicted molar refractivity (Wildman–Crippen MR) is 54.5 cm³/mol. The average Bonchev–Trinajstić information content (AvgIpc) is 2.31. The first kappa shape index (κ1) is 11.3. The van der Waals surface area contributed by atoms with E-state index in [1.165, 1.54) is 4.31 Å². The molecule has 0 aromatic rings. The van der Waals surface area contributed by atoms with E-state index in [2.05, 4.69) is 5.32 Å². The van der Waals surface area contributed by atoms with Gasteiger partial charge in [-0.25, -0.2) is 0 Å². The van der Waals surface area contributed by atoms with Gasteiger partial charge in [0.1, 0.15) is 0 Å². The molecule has 0 atom stereocenters. The Morgan fingerprint density at radius 1 is 0.933 bits per heavy atom. The smallest absolute Gasteiger partial charge is 0.282 e. The maximum atomic E-state index is 12.1. The lowest BCUT2D eigenvalue weighted by Gasteiger charge is -2.32. The molecular formula is C8H18N3O3S+. The topological polar surface area (TPSA) is 66.5 Å². The molecule has 2 N–H and O–H groups in total. The maximum Gasteiger partial charge on any atom is 0.282 e. The minimum absolute atomic E-state index is 0.489. The molecule has 2 fully saturated rings. The Kier molecular flexibility index (Phi) is 3.57. The van der Waals surface area contributed by atoms with Crippen LogP contribution in [0.1, 0.15) is 0 Å². The summed E-state index contributed by atoms with van der Waals surface area (Å²) in [5.74, 6) is 0. The lowest BCUT2D eigenvalue weighted by atomic mass is 10.4. The van der Waals surface area contributed by atoms with Crippen LogP contribution in [-0.4, -0.2) is 69.5 Å². The van der Waals surface area contributed by atoms with Crippen LogP contribution in [0.5, 0.6) is 0 Å². The minimum atomic E-state index is -3.22. The zero-order valence-corrected chi connectivity index (χ0v) is 9.58. The summed E-state index contributed by atoms with van der Waals surface area (Å²) in [4.78, 5) is 0. The van der Waals surface area contributed by atoms with Crippen LogP contribution in [0.3, 0.4) is 0 Å². The third kappa shape index (κ3) is 2.48. The van der Waals surface area contributed by atoms with Gasteiger partial charge in [0.05, 0.1) is 39.4 Å². The van der Waals surface area contributed by atoms with Gasteiger partial charge in [-0.3, -0.25) is 0 Å². The van der Waals surface area contributed by atoms with Crippen LogP contribution in [0.2, 0.25) is 0 Å². The van der Waals surface area contributed by atoms with Gasteiger partial charge in [-0.1, -0.05) is 0 Å². The molecule has 0 radical (unpaired) electrons. The quantitative estimate of drug-likeness (QED) is 0.574. The molecule has 2 aliphatic rings. The van der Waals surface area contributed by atoms with Gasteiger partial charge in [0.2, 0.25) is 0 Å². The van der Waals surface area contributed by atoms with Gasteiger partial charge in [0.15, 0.2) is 0 Å². The van der Waals surface area contributed by atoms with Crippen molar-refractivity contribution in [2.24, 2.45) is 0 Å². The first-order valence-corrected chi connectivity index (χ1v) is 6.75. The SMILES string of the molecule is O=S(=O)(N1CC[NH2+]CC1)N1CCOCC1. The molecular weight excluding hydrogens is 218 g/mol. The third-order valence-corrected chi connectivity index (χ3v) is 4.82. The van der Waals surface area contributed by atoms with Gasteiger partial charge in [-0.05, 0) is 0 Å². The highest BCUT2D eigenvalue weighted by Crippen LogP contribution is 2.10. The molecule has 6 nitrogen and oxygen atoms in total. The molecule has 0 aromatic heterocycles. The molecule has 0 spiro atoms. The van der Waals surface area contributed by atoms with Crippen molar-refractivity contribution >= 4 is 10.2 Å². The molecule has 0 aliphatic carbocycles. The van der Waals surface area contributed by atoms with Crippen LogP contribution in [0.4, 0.5) is 0 Å². The molecule has 0 saturated carbocycles. The summed E-state index contributed by atoms with van der Waals surface area (Å²) in [5, 5.41) is 2.14. The predicted octanol–water partition coefficient (Wildman–Crippen LogP) is -2.56. The highest BCUT2D eigenvalue weighted by molar-refractivity contribution is 7.86. The van der Waals surface area contributed by atoms with Gasteiger partial charge < -0.3 is 10.1 Å². The van der Waals surface area contributed by atoms with Crippen LogP contribution in [-0.2, 0) is 14.9 Å². The number of morpholine rings is 1. The second-order valence-electron chi connectivity index (χ2n) is 3.78. The van der Waals surface area contributed by atoms with Gasteiger partial charge in [-0.2, -0.15) is 17.0 Å². The summed E-state index contributed by atoms with van der Waals surface area (Å²) in [6.07, 6.45) is 0. The van der Waals surface area contributed by atoms with Crippen molar-refractivity contribution in [3.63, 3.8) is 0 Å². The van der Waals surface area contributed by atoms with Crippen molar-refractivity contribution < 1.29 is 18.5 Å². The van der Waals surface area contributed by atoms with E-state index in [9.17, 15) is 8.42 Å². The third-order valence-electron chi connectivity index (χ3n) is 2.79. The average molecular weight is 236 g/mol. The maximum absolute atomic E-state index is 12.1. The van der Waals surface area contributed by atoms with E-state index in [-0.39, 0.29) is 0 Å². The van der Waals surface area contributed by atoms with Crippen LogP contribution < -0.4 is 5.32 Å². The monoisotopic (exact) mass is 236 g/mol. The number of quaternary nitrogens is 1. The molecule has 2 rings (SSSR count). The van der Waals surface area contributed by atoms with Crippen molar-refractivity contribution in [1.82, 2.24) is 8.61 Å². The summed E-state index contributed by atoms with van der Waals surface area (Å²) in [7, 11) is -3.22. The summed E-state index contributed by atoms with van der Waals surface area (Å²) < 4.78 is 32.5. The fourth-order valence-electron chi connectivity index (χ4n) is 1.90. The lowest BCUT2D eigenvalue weighted by molar-refractivity contribution is -0.661. The zero-order chi connectivity index (χ0) is 10.7. The van der Waals surface area contributed by atoms with Crippen molar-refractivity contribution in [2.75, 3.05) is 52.5 Å². The first-order valence-electron chi connectivity index (χ1n) is 5.36. The van der Waals surface area contributed by atoms with Crippen LogP contribution in [0.15, 0.2) is 0 Å². The van der Waals surface area contributed by atoms with Crippen LogP contribution in [0.25, 0.3) is 0 Å². The van der Waals surface area contributed by atoms with Crippen molar-refractivity contribution in [3.05, 3.63) is 0 Å². The Balaban J connectivity index is 2.03. The van der Waals surface area contributed by atoms with Crippen LogP contribution in [0, 0.1) is 0 Å². The van der Waals surface area contributed by atoms with E-state index in [4.69, 9.17) is 4.74 Å².